The molecule has 1 aromatic carbocycles. The summed E-state index contributed by atoms with van der Waals surface area (Å²) in [6.45, 7) is 0.657. The summed E-state index contributed by atoms with van der Waals surface area (Å²) in [6.07, 6.45) is -5.71. The number of carbonyl (C=O) groups is 1. The zero-order valence-corrected chi connectivity index (χ0v) is 16.0. The van der Waals surface area contributed by atoms with Gasteiger partial charge in [-0.3, -0.25) is 9.36 Å². The molecule has 0 bridgehead atoms. The Labute approximate surface area is 159 Å². The second-order valence-electron chi connectivity index (χ2n) is 5.07. The van der Waals surface area contributed by atoms with Crippen LogP contribution >= 0.6 is 27.7 Å². The van der Waals surface area contributed by atoms with Crippen molar-refractivity contribution in [3.8, 4) is 0 Å². The van der Waals surface area contributed by atoms with Gasteiger partial charge in [-0.15, -0.1) is 0 Å². The summed E-state index contributed by atoms with van der Waals surface area (Å²) in [5.74, 6) is 0.315. The molecule has 0 aliphatic carbocycles. The van der Waals surface area contributed by atoms with Crippen LogP contribution in [0.1, 0.15) is 6.92 Å². The maximum Gasteiger partial charge on any atom is 0.422 e. The third-order valence-electron chi connectivity index (χ3n) is 3.17. The topological polar surface area (TPSA) is 73.2 Å². The number of amides is 1. The predicted molar refractivity (Wildman–Crippen MR) is 95.5 cm³/mol. The Kier molecular flexibility index (Phi) is 6.93. The van der Waals surface area contributed by atoms with Crippen LogP contribution in [0.5, 0.6) is 0 Å². The van der Waals surface area contributed by atoms with Crippen LogP contribution in [-0.4, -0.2) is 40.7 Å². The number of hydrogen-bond acceptors (Lipinski definition) is 5. The molecule has 1 heterocycles. The number of carbonyl (C=O) groups excluding carboxylic acids is 1. The molecular weight excluding hydrogens is 439 g/mol. The molecule has 0 aliphatic rings. The smallest absolute Gasteiger partial charge is 0.422 e. The van der Waals surface area contributed by atoms with Crippen molar-refractivity contribution in [2.75, 3.05) is 18.9 Å². The number of thioether (sulfide) groups is 1. The van der Waals surface area contributed by atoms with Crippen LogP contribution < -0.4 is 10.9 Å². The minimum atomic E-state index is -4.56. The monoisotopic (exact) mass is 453 g/mol. The van der Waals surface area contributed by atoms with Crippen molar-refractivity contribution >= 4 is 44.7 Å². The molecule has 6 nitrogen and oxygen atoms in total. The average Bonchev–Trinajstić information content (AvgIpc) is 2.57. The lowest BCUT2D eigenvalue weighted by Crippen LogP contribution is -2.30. The number of halogens is 4. The van der Waals surface area contributed by atoms with Crippen LogP contribution in [0.15, 0.2) is 32.6 Å². The molecule has 1 N–H and O–H groups in total. The van der Waals surface area contributed by atoms with Gasteiger partial charge in [0.1, 0.15) is 0 Å². The van der Waals surface area contributed by atoms with E-state index in [0.29, 0.717) is 28.4 Å². The highest BCUT2D eigenvalue weighted by molar-refractivity contribution is 9.10. The van der Waals surface area contributed by atoms with Gasteiger partial charge < -0.3 is 10.1 Å². The van der Waals surface area contributed by atoms with Gasteiger partial charge >= 0.3 is 12.3 Å². The molecule has 0 atom stereocenters. The van der Waals surface area contributed by atoms with Crippen LogP contribution in [0, 0.1) is 0 Å². The van der Waals surface area contributed by atoms with E-state index in [-0.39, 0.29) is 12.1 Å². The van der Waals surface area contributed by atoms with E-state index >= 15 is 0 Å². The SMILES string of the molecule is CCn1c(SCCNC(=O)OCC(F)(F)F)nc2ccc(Br)cc2c1=O. The number of benzene rings is 1. The molecule has 26 heavy (non-hydrogen) atoms. The Morgan fingerprint density at radius 1 is 1.42 bits per heavy atom. The summed E-state index contributed by atoms with van der Waals surface area (Å²) < 4.78 is 42.1. The van der Waals surface area contributed by atoms with Gasteiger partial charge in [-0.2, -0.15) is 13.2 Å². The lowest BCUT2D eigenvalue weighted by Gasteiger charge is -2.12. The van der Waals surface area contributed by atoms with Gasteiger partial charge in [0, 0.05) is 23.3 Å². The summed E-state index contributed by atoms with van der Waals surface area (Å²) in [6, 6.07) is 5.19. The second kappa shape index (κ2) is 8.76. The number of rotatable bonds is 6. The highest BCUT2D eigenvalue weighted by Gasteiger charge is 2.29. The number of alkyl halides is 3. The zero-order valence-electron chi connectivity index (χ0n) is 13.6. The third kappa shape index (κ3) is 5.63. The van der Waals surface area contributed by atoms with Crippen molar-refractivity contribution in [3.05, 3.63) is 33.0 Å². The average molecular weight is 454 g/mol. The van der Waals surface area contributed by atoms with Gasteiger partial charge in [-0.1, -0.05) is 27.7 Å². The van der Waals surface area contributed by atoms with E-state index in [9.17, 15) is 22.8 Å². The molecule has 0 unspecified atom stereocenters. The fourth-order valence-corrected chi connectivity index (χ4v) is 3.33. The van der Waals surface area contributed by atoms with Crippen LogP contribution in [-0.2, 0) is 11.3 Å². The fourth-order valence-electron chi connectivity index (χ4n) is 2.06. The minimum Gasteiger partial charge on any atom is -0.440 e. The second-order valence-corrected chi connectivity index (χ2v) is 7.05. The molecular formula is C15H15BrF3N3O3S. The van der Waals surface area contributed by atoms with Crippen molar-refractivity contribution in [3.63, 3.8) is 0 Å². The van der Waals surface area contributed by atoms with Crippen LogP contribution in [0.4, 0.5) is 18.0 Å². The van der Waals surface area contributed by atoms with Crippen LogP contribution in [0.2, 0.25) is 0 Å². The first-order valence-corrected chi connectivity index (χ1v) is 9.29. The van der Waals surface area contributed by atoms with Crippen molar-refractivity contribution < 1.29 is 22.7 Å². The Morgan fingerprint density at radius 2 is 2.15 bits per heavy atom. The maximum atomic E-state index is 12.5. The summed E-state index contributed by atoms with van der Waals surface area (Å²) in [4.78, 5) is 28.2. The number of fused-ring (bicyclic) bond motifs is 1. The Morgan fingerprint density at radius 3 is 2.81 bits per heavy atom. The van der Waals surface area contributed by atoms with Gasteiger partial charge in [0.15, 0.2) is 11.8 Å². The van der Waals surface area contributed by atoms with Gasteiger partial charge in [0.2, 0.25) is 0 Å². The summed E-state index contributed by atoms with van der Waals surface area (Å²) >= 11 is 4.54. The van der Waals surface area contributed by atoms with E-state index in [4.69, 9.17) is 0 Å². The summed E-state index contributed by atoms with van der Waals surface area (Å²) in [5.41, 5.74) is 0.363. The van der Waals surface area contributed by atoms with E-state index in [2.05, 4.69) is 31.0 Å². The summed E-state index contributed by atoms with van der Waals surface area (Å²) in [7, 11) is 0. The maximum absolute atomic E-state index is 12.5. The van der Waals surface area contributed by atoms with Gasteiger partial charge in [-0.05, 0) is 25.1 Å². The molecule has 142 valence electrons. The normalized spacial score (nSPS) is 11.6. The minimum absolute atomic E-state index is 0.0688. The van der Waals surface area contributed by atoms with Crippen molar-refractivity contribution in [2.24, 2.45) is 0 Å². The fraction of sp³-hybridized carbons (Fsp3) is 0.400. The van der Waals surface area contributed by atoms with Crippen molar-refractivity contribution in [1.29, 1.82) is 0 Å². The zero-order chi connectivity index (χ0) is 19.3. The molecule has 0 saturated carbocycles. The van der Waals surface area contributed by atoms with E-state index in [1.54, 1.807) is 18.2 Å². The predicted octanol–water partition coefficient (Wildman–Crippen LogP) is 3.56. The van der Waals surface area contributed by atoms with Crippen molar-refractivity contribution in [1.82, 2.24) is 14.9 Å². The van der Waals surface area contributed by atoms with Gasteiger partial charge in [-0.25, -0.2) is 9.78 Å². The van der Waals surface area contributed by atoms with Crippen LogP contribution in [0.25, 0.3) is 10.9 Å². The first-order valence-electron chi connectivity index (χ1n) is 7.51. The molecule has 1 amide bonds. The van der Waals surface area contributed by atoms with Gasteiger partial charge in [0.05, 0.1) is 10.9 Å². The third-order valence-corrected chi connectivity index (χ3v) is 4.64. The first kappa shape index (κ1) is 20.6. The molecule has 0 saturated heterocycles. The molecule has 0 aliphatic heterocycles. The lowest BCUT2D eigenvalue weighted by molar-refractivity contribution is -0.160. The number of nitrogens with zero attached hydrogens (tertiary/aromatic N) is 2. The molecule has 11 heteroatoms. The van der Waals surface area contributed by atoms with E-state index < -0.39 is 18.9 Å². The Hall–Kier alpha value is -1.75. The van der Waals surface area contributed by atoms with E-state index in [0.717, 1.165) is 4.47 Å². The van der Waals surface area contributed by atoms with Crippen LogP contribution in [0.3, 0.4) is 0 Å². The largest absolute Gasteiger partial charge is 0.440 e. The molecule has 1 aromatic heterocycles. The number of hydrogen-bond donors (Lipinski definition) is 1. The highest BCUT2D eigenvalue weighted by atomic mass is 79.9. The Bertz CT molecular complexity index is 858. The quantitative estimate of drug-likeness (QED) is 0.411. The standard InChI is InChI=1S/C15H15BrF3N3O3S/c1-2-22-12(23)10-7-9(16)3-4-11(10)21-13(22)26-6-5-20-14(24)25-8-15(17,18)19/h3-4,7H,2,5-6,8H2,1H3,(H,20,24). The summed E-state index contributed by atoms with van der Waals surface area (Å²) in [5, 5.41) is 3.17. The molecule has 0 spiro atoms. The first-order chi connectivity index (χ1) is 12.2. The molecule has 0 radical (unpaired) electrons. The number of aromatic nitrogens is 2. The number of nitrogens with one attached hydrogen (secondary N) is 1. The van der Waals surface area contributed by atoms with Gasteiger partial charge in [0.25, 0.3) is 5.56 Å². The highest BCUT2D eigenvalue weighted by Crippen LogP contribution is 2.20. The van der Waals surface area contributed by atoms with E-state index in [1.165, 1.54) is 16.3 Å². The number of alkyl carbamates (subject to hydrolysis) is 1. The molecule has 0 fully saturated rings. The molecule has 2 rings (SSSR count). The Balaban J connectivity index is 1.99. The van der Waals surface area contributed by atoms with E-state index in [1.807, 2.05) is 6.92 Å². The number of ether oxygens (including phenoxy) is 1. The molecule has 2 aromatic rings. The lowest BCUT2D eigenvalue weighted by atomic mass is 10.2. The van der Waals surface area contributed by atoms with Crippen molar-refractivity contribution in [2.45, 2.75) is 24.8 Å².